The van der Waals surface area contributed by atoms with Crippen LogP contribution >= 0.6 is 0 Å². The second-order valence-electron chi connectivity index (χ2n) is 4.38. The van der Waals surface area contributed by atoms with Gasteiger partial charge in [0, 0.05) is 17.7 Å². The van der Waals surface area contributed by atoms with Crippen LogP contribution in [0.25, 0.3) is 22.4 Å². The molecule has 2 aromatic heterocycles. The van der Waals surface area contributed by atoms with Gasteiger partial charge >= 0.3 is 0 Å². The van der Waals surface area contributed by atoms with Crippen molar-refractivity contribution in [3.63, 3.8) is 0 Å². The van der Waals surface area contributed by atoms with Crippen LogP contribution in [0.1, 0.15) is 11.5 Å². The number of fused-ring (bicyclic) bond motifs is 1. The lowest BCUT2D eigenvalue weighted by Gasteiger charge is -2.05. The van der Waals surface area contributed by atoms with E-state index in [9.17, 15) is 0 Å². The molecule has 2 heterocycles. The smallest absolute Gasteiger partial charge is 0.181 e. The fraction of sp³-hybridized carbons (Fsp3) is 0.214. The molecule has 0 saturated carbocycles. The summed E-state index contributed by atoms with van der Waals surface area (Å²) in [6.45, 7) is 2.50. The number of nitrogens with zero attached hydrogens (tertiary/aromatic N) is 3. The number of aromatic nitrogens is 3. The largest absolute Gasteiger partial charge is 0.443 e. The molecule has 3 rings (SSSR count). The highest BCUT2D eigenvalue weighted by Gasteiger charge is 2.07. The van der Waals surface area contributed by atoms with Gasteiger partial charge in [-0.25, -0.2) is 15.0 Å². The van der Waals surface area contributed by atoms with E-state index in [4.69, 9.17) is 10.2 Å². The zero-order valence-corrected chi connectivity index (χ0v) is 10.6. The van der Waals surface area contributed by atoms with E-state index >= 15 is 0 Å². The molecule has 0 saturated heterocycles. The normalized spacial score (nSPS) is 11.1. The summed E-state index contributed by atoms with van der Waals surface area (Å²) in [4.78, 5) is 13.0. The molecule has 0 amide bonds. The first kappa shape index (κ1) is 11.8. The molecule has 0 spiro atoms. The molecule has 2 N–H and O–H groups in total. The van der Waals surface area contributed by atoms with Gasteiger partial charge in [0.1, 0.15) is 11.3 Å². The zero-order chi connectivity index (χ0) is 13.2. The molecule has 3 aromatic rings. The van der Waals surface area contributed by atoms with E-state index in [1.807, 2.05) is 31.2 Å². The van der Waals surface area contributed by atoms with E-state index in [2.05, 4.69) is 15.0 Å². The third-order valence-corrected chi connectivity index (χ3v) is 2.90. The standard InChI is InChI=1S/C14H14N4O/c1-9-6-12(18-14(17-9)4-5-15)10-2-3-11-13(7-10)19-8-16-11/h2-3,6-8H,4-5,15H2,1H3. The summed E-state index contributed by atoms with van der Waals surface area (Å²) < 4.78 is 5.31. The average Bonchev–Trinajstić information content (AvgIpc) is 2.85. The number of hydrogen-bond acceptors (Lipinski definition) is 5. The topological polar surface area (TPSA) is 77.8 Å². The van der Waals surface area contributed by atoms with Crippen molar-refractivity contribution >= 4 is 11.1 Å². The van der Waals surface area contributed by atoms with Gasteiger partial charge in [-0.05, 0) is 31.7 Å². The van der Waals surface area contributed by atoms with Crippen LogP contribution < -0.4 is 5.73 Å². The van der Waals surface area contributed by atoms with E-state index in [0.717, 1.165) is 33.9 Å². The number of benzene rings is 1. The SMILES string of the molecule is Cc1cc(-c2ccc3ncoc3c2)nc(CCN)n1. The highest BCUT2D eigenvalue weighted by Crippen LogP contribution is 2.23. The minimum atomic E-state index is 0.546. The van der Waals surface area contributed by atoms with Gasteiger partial charge in [-0.15, -0.1) is 0 Å². The number of rotatable bonds is 3. The quantitative estimate of drug-likeness (QED) is 0.774. The number of oxazole rings is 1. The summed E-state index contributed by atoms with van der Waals surface area (Å²) in [5.41, 5.74) is 9.97. The minimum absolute atomic E-state index is 0.546. The van der Waals surface area contributed by atoms with Gasteiger partial charge in [0.15, 0.2) is 12.0 Å². The first-order chi connectivity index (χ1) is 9.26. The molecule has 96 valence electrons. The molecule has 0 bridgehead atoms. The van der Waals surface area contributed by atoms with Crippen molar-refractivity contribution in [1.82, 2.24) is 15.0 Å². The first-order valence-corrected chi connectivity index (χ1v) is 6.14. The van der Waals surface area contributed by atoms with Gasteiger partial charge in [-0.2, -0.15) is 0 Å². The summed E-state index contributed by atoms with van der Waals surface area (Å²) in [7, 11) is 0. The Morgan fingerprint density at radius 3 is 2.95 bits per heavy atom. The Morgan fingerprint density at radius 1 is 1.21 bits per heavy atom. The van der Waals surface area contributed by atoms with Gasteiger partial charge in [0.25, 0.3) is 0 Å². The van der Waals surface area contributed by atoms with Gasteiger partial charge in [0.05, 0.1) is 5.69 Å². The maximum absolute atomic E-state index is 5.56. The molecule has 0 fully saturated rings. The Balaban J connectivity index is 2.09. The van der Waals surface area contributed by atoms with Crippen molar-refractivity contribution in [3.8, 4) is 11.3 Å². The lowest BCUT2D eigenvalue weighted by atomic mass is 10.1. The Bertz CT molecular complexity index is 720. The molecule has 0 aliphatic carbocycles. The van der Waals surface area contributed by atoms with Crippen molar-refractivity contribution in [3.05, 3.63) is 42.2 Å². The average molecular weight is 254 g/mol. The van der Waals surface area contributed by atoms with Crippen molar-refractivity contribution < 1.29 is 4.42 Å². The fourth-order valence-corrected chi connectivity index (χ4v) is 2.03. The predicted molar refractivity (Wildman–Crippen MR) is 72.5 cm³/mol. The molecule has 0 aliphatic heterocycles. The van der Waals surface area contributed by atoms with Gasteiger partial charge in [0.2, 0.25) is 0 Å². The van der Waals surface area contributed by atoms with E-state index in [-0.39, 0.29) is 0 Å². The summed E-state index contributed by atoms with van der Waals surface area (Å²) in [6.07, 6.45) is 2.12. The molecule has 5 nitrogen and oxygen atoms in total. The van der Waals surface area contributed by atoms with E-state index in [1.165, 1.54) is 6.39 Å². The summed E-state index contributed by atoms with van der Waals surface area (Å²) in [6, 6.07) is 7.81. The number of hydrogen-bond donors (Lipinski definition) is 1. The summed E-state index contributed by atoms with van der Waals surface area (Å²) in [5, 5.41) is 0. The molecule has 0 atom stereocenters. The highest BCUT2D eigenvalue weighted by molar-refractivity contribution is 5.78. The van der Waals surface area contributed by atoms with E-state index in [1.54, 1.807) is 0 Å². The van der Waals surface area contributed by atoms with E-state index < -0.39 is 0 Å². The fourth-order valence-electron chi connectivity index (χ4n) is 2.03. The molecule has 19 heavy (non-hydrogen) atoms. The molecule has 1 aromatic carbocycles. The van der Waals surface area contributed by atoms with Crippen molar-refractivity contribution in [1.29, 1.82) is 0 Å². The van der Waals surface area contributed by atoms with Crippen molar-refractivity contribution in [2.24, 2.45) is 5.73 Å². The van der Waals surface area contributed by atoms with Gasteiger partial charge in [-0.3, -0.25) is 0 Å². The van der Waals surface area contributed by atoms with E-state index in [0.29, 0.717) is 13.0 Å². The highest BCUT2D eigenvalue weighted by atomic mass is 16.3. The summed E-state index contributed by atoms with van der Waals surface area (Å²) >= 11 is 0. The Kier molecular flexibility index (Phi) is 2.97. The second kappa shape index (κ2) is 4.78. The monoisotopic (exact) mass is 254 g/mol. The van der Waals surface area contributed by atoms with Crippen molar-refractivity contribution in [2.75, 3.05) is 6.54 Å². The molecule has 0 unspecified atom stereocenters. The Hall–Kier alpha value is -2.27. The van der Waals surface area contributed by atoms with Crippen molar-refractivity contribution in [2.45, 2.75) is 13.3 Å². The predicted octanol–water partition coefficient (Wildman–Crippen LogP) is 2.09. The first-order valence-electron chi connectivity index (χ1n) is 6.14. The number of nitrogens with two attached hydrogens (primary N) is 1. The third kappa shape index (κ3) is 2.32. The van der Waals surface area contributed by atoms with Crippen LogP contribution in [-0.4, -0.2) is 21.5 Å². The number of aryl methyl sites for hydroxylation is 1. The molecular weight excluding hydrogens is 240 g/mol. The Morgan fingerprint density at radius 2 is 2.11 bits per heavy atom. The third-order valence-electron chi connectivity index (χ3n) is 2.90. The summed E-state index contributed by atoms with van der Waals surface area (Å²) in [5.74, 6) is 0.773. The molecule has 5 heteroatoms. The van der Waals surface area contributed by atoms with Crippen LogP contribution in [0.5, 0.6) is 0 Å². The van der Waals surface area contributed by atoms with Crippen LogP contribution in [0.3, 0.4) is 0 Å². The van der Waals surface area contributed by atoms with Crippen LogP contribution in [0.15, 0.2) is 35.1 Å². The molecule has 0 aliphatic rings. The molecule has 0 radical (unpaired) electrons. The Labute approximate surface area is 110 Å². The minimum Gasteiger partial charge on any atom is -0.443 e. The van der Waals surface area contributed by atoms with Crippen LogP contribution in [0.4, 0.5) is 0 Å². The lowest BCUT2D eigenvalue weighted by Crippen LogP contribution is -2.07. The second-order valence-corrected chi connectivity index (χ2v) is 4.38. The molecular formula is C14H14N4O. The van der Waals surface area contributed by atoms with Crippen LogP contribution in [0, 0.1) is 6.92 Å². The van der Waals surface area contributed by atoms with Crippen LogP contribution in [0.2, 0.25) is 0 Å². The zero-order valence-electron chi connectivity index (χ0n) is 10.6. The van der Waals surface area contributed by atoms with Crippen LogP contribution in [-0.2, 0) is 6.42 Å². The maximum atomic E-state index is 5.56. The lowest BCUT2D eigenvalue weighted by molar-refractivity contribution is 0.602. The van der Waals surface area contributed by atoms with Gasteiger partial charge in [-0.1, -0.05) is 6.07 Å². The van der Waals surface area contributed by atoms with Gasteiger partial charge < -0.3 is 10.2 Å². The maximum Gasteiger partial charge on any atom is 0.181 e.